The number of carboxylic acid groups (broad SMARTS) is 1. The molecule has 0 amide bonds. The number of fused-ring (bicyclic) bond motifs is 1. The van der Waals surface area contributed by atoms with Crippen LogP contribution in [0.2, 0.25) is 0 Å². The van der Waals surface area contributed by atoms with E-state index in [4.69, 9.17) is 5.73 Å². The molecule has 2 fully saturated rings. The second-order valence-electron chi connectivity index (χ2n) is 8.99. The number of nitrogens with two attached hydrogens (primary N) is 1. The third-order valence-corrected chi connectivity index (χ3v) is 6.65. The van der Waals surface area contributed by atoms with Crippen LogP contribution in [0.3, 0.4) is 0 Å². The predicted octanol–water partition coefficient (Wildman–Crippen LogP) is 3.83. The van der Waals surface area contributed by atoms with Crippen molar-refractivity contribution in [3.63, 3.8) is 0 Å². The fourth-order valence-electron chi connectivity index (χ4n) is 5.89. The van der Waals surface area contributed by atoms with Gasteiger partial charge in [0.25, 0.3) is 0 Å². The van der Waals surface area contributed by atoms with E-state index in [0.29, 0.717) is 18.4 Å². The Bertz CT molecular complexity index is 484. The van der Waals surface area contributed by atoms with Crippen molar-refractivity contribution in [2.24, 2.45) is 40.2 Å². The van der Waals surface area contributed by atoms with Gasteiger partial charge in [0.1, 0.15) is 0 Å². The third-order valence-electron chi connectivity index (χ3n) is 6.65. The lowest BCUT2D eigenvalue weighted by Gasteiger charge is -2.58. The Labute approximate surface area is 134 Å². The molecule has 1 unspecified atom stereocenters. The van der Waals surface area contributed by atoms with Crippen LogP contribution in [0, 0.1) is 34.5 Å². The van der Waals surface area contributed by atoms with Crippen LogP contribution in [0.25, 0.3) is 0 Å². The highest BCUT2D eigenvalue weighted by Gasteiger charge is 2.62. The largest absolute Gasteiger partial charge is 0.481 e. The highest BCUT2D eigenvalue weighted by Crippen LogP contribution is 2.64. The zero-order valence-electron chi connectivity index (χ0n) is 14.3. The zero-order chi connectivity index (χ0) is 16.1. The number of hydrogen-bond donors (Lipinski definition) is 2. The number of allylic oxidation sites excluding steroid dienone is 2. The van der Waals surface area contributed by atoms with E-state index in [9.17, 15) is 9.90 Å². The summed E-state index contributed by atoms with van der Waals surface area (Å²) in [7, 11) is 0. The Morgan fingerprint density at radius 3 is 2.55 bits per heavy atom. The topological polar surface area (TPSA) is 63.3 Å². The first kappa shape index (κ1) is 16.0. The quantitative estimate of drug-likeness (QED) is 0.776. The summed E-state index contributed by atoms with van der Waals surface area (Å²) in [6.45, 7) is 6.64. The van der Waals surface area contributed by atoms with Crippen LogP contribution < -0.4 is 5.73 Å². The molecule has 0 aromatic rings. The smallest absolute Gasteiger partial charge is 0.307 e. The highest BCUT2D eigenvalue weighted by atomic mass is 16.4. The van der Waals surface area contributed by atoms with E-state index in [1.54, 1.807) is 5.57 Å². The lowest BCUT2D eigenvalue weighted by atomic mass is 9.46. The van der Waals surface area contributed by atoms with Crippen molar-refractivity contribution in [1.29, 1.82) is 0 Å². The predicted molar refractivity (Wildman–Crippen MR) is 88.3 cm³/mol. The molecule has 3 nitrogen and oxygen atoms in total. The van der Waals surface area contributed by atoms with Gasteiger partial charge in [-0.15, -0.1) is 0 Å². The molecule has 0 saturated heterocycles. The average Bonchev–Trinajstić information content (AvgIpc) is 3.01. The zero-order valence-corrected chi connectivity index (χ0v) is 14.3. The van der Waals surface area contributed by atoms with Crippen molar-refractivity contribution in [3.8, 4) is 0 Å². The number of rotatable bonds is 4. The first-order valence-electron chi connectivity index (χ1n) is 8.93. The van der Waals surface area contributed by atoms with Crippen molar-refractivity contribution in [2.75, 3.05) is 6.54 Å². The van der Waals surface area contributed by atoms with Gasteiger partial charge >= 0.3 is 5.97 Å². The fourth-order valence-corrected chi connectivity index (χ4v) is 5.89. The van der Waals surface area contributed by atoms with Crippen molar-refractivity contribution < 1.29 is 9.90 Å². The van der Waals surface area contributed by atoms with E-state index in [1.807, 2.05) is 20.8 Å². The lowest BCUT2D eigenvalue weighted by molar-refractivity contribution is -0.166. The van der Waals surface area contributed by atoms with Crippen LogP contribution in [0.4, 0.5) is 0 Å². The standard InChI is InChI=1S/C19H31NO2/c1-18(2,3)16(17(21)22)19(11-20)10-14-8-13(9-15(14)19)12-6-4-5-7-12/h9,12,14-16H,4-8,10-11,20H2,1-3H3,(H,21,22)/t14-,15-,16?,19+/m0/s1. The second-order valence-corrected chi connectivity index (χ2v) is 8.99. The van der Waals surface area contributed by atoms with Crippen molar-refractivity contribution >= 4 is 5.97 Å². The molecule has 0 aromatic heterocycles. The summed E-state index contributed by atoms with van der Waals surface area (Å²) in [6.07, 6.45) is 10.0. The van der Waals surface area contributed by atoms with Crippen LogP contribution in [-0.2, 0) is 4.79 Å². The van der Waals surface area contributed by atoms with Gasteiger partial charge in [-0.05, 0) is 55.4 Å². The van der Waals surface area contributed by atoms with Gasteiger partial charge in [-0.3, -0.25) is 4.79 Å². The highest BCUT2D eigenvalue weighted by molar-refractivity contribution is 5.72. The summed E-state index contributed by atoms with van der Waals surface area (Å²) in [4.78, 5) is 12.0. The SMILES string of the molecule is CC(C)(C)C(C(=O)O)[C@@]1(CN)C[C@@H]2CC(C3CCCC3)=C[C@@H]21. The van der Waals surface area contributed by atoms with E-state index in [1.165, 1.54) is 32.1 Å². The summed E-state index contributed by atoms with van der Waals surface area (Å²) in [5.41, 5.74) is 7.32. The number of carboxylic acids is 1. The number of hydrogen-bond acceptors (Lipinski definition) is 2. The van der Waals surface area contributed by atoms with Gasteiger partial charge in [0.2, 0.25) is 0 Å². The van der Waals surface area contributed by atoms with Crippen LogP contribution in [-0.4, -0.2) is 17.6 Å². The third kappa shape index (κ3) is 2.33. The van der Waals surface area contributed by atoms with Crippen LogP contribution in [0.15, 0.2) is 11.6 Å². The molecule has 4 atom stereocenters. The molecule has 3 aliphatic carbocycles. The molecule has 3 rings (SSSR count). The van der Waals surface area contributed by atoms with Gasteiger partial charge < -0.3 is 10.8 Å². The average molecular weight is 305 g/mol. The molecular formula is C19H31NO2. The first-order chi connectivity index (χ1) is 10.3. The Morgan fingerprint density at radius 2 is 2.05 bits per heavy atom. The van der Waals surface area contributed by atoms with Gasteiger partial charge in [0, 0.05) is 5.41 Å². The summed E-state index contributed by atoms with van der Waals surface area (Å²) in [5, 5.41) is 9.86. The molecular weight excluding hydrogens is 274 g/mol. The summed E-state index contributed by atoms with van der Waals surface area (Å²) in [5.74, 6) is 0.806. The summed E-state index contributed by atoms with van der Waals surface area (Å²) < 4.78 is 0. The van der Waals surface area contributed by atoms with Crippen molar-refractivity contribution in [3.05, 3.63) is 11.6 Å². The minimum Gasteiger partial charge on any atom is -0.481 e. The molecule has 3 N–H and O–H groups in total. The molecule has 0 bridgehead atoms. The molecule has 22 heavy (non-hydrogen) atoms. The van der Waals surface area contributed by atoms with Crippen LogP contribution in [0.1, 0.15) is 59.3 Å². The molecule has 3 aliphatic rings. The van der Waals surface area contributed by atoms with Gasteiger partial charge in [-0.25, -0.2) is 0 Å². The maximum absolute atomic E-state index is 12.0. The van der Waals surface area contributed by atoms with E-state index in [-0.39, 0.29) is 16.7 Å². The fraction of sp³-hybridized carbons (Fsp3) is 0.842. The van der Waals surface area contributed by atoms with Gasteiger partial charge in [-0.1, -0.05) is 45.3 Å². The second kappa shape index (κ2) is 5.36. The minimum atomic E-state index is -0.667. The Morgan fingerprint density at radius 1 is 1.41 bits per heavy atom. The molecule has 2 saturated carbocycles. The van der Waals surface area contributed by atoms with Crippen molar-refractivity contribution in [2.45, 2.75) is 59.3 Å². The normalized spacial score (nSPS) is 36.6. The lowest BCUT2D eigenvalue weighted by Crippen LogP contribution is -2.59. The number of aliphatic carboxylic acids is 1. The Hall–Kier alpha value is -0.830. The van der Waals surface area contributed by atoms with Gasteiger partial charge in [-0.2, -0.15) is 0 Å². The Balaban J connectivity index is 1.87. The molecule has 0 aliphatic heterocycles. The maximum atomic E-state index is 12.0. The molecule has 3 heteroatoms. The Kier molecular flexibility index (Phi) is 3.91. The molecule has 0 radical (unpaired) electrons. The van der Waals surface area contributed by atoms with Crippen molar-refractivity contribution in [1.82, 2.24) is 0 Å². The maximum Gasteiger partial charge on any atom is 0.307 e. The molecule has 0 spiro atoms. The first-order valence-corrected chi connectivity index (χ1v) is 8.93. The van der Waals surface area contributed by atoms with E-state index >= 15 is 0 Å². The summed E-state index contributed by atoms with van der Waals surface area (Å²) in [6, 6.07) is 0. The summed E-state index contributed by atoms with van der Waals surface area (Å²) >= 11 is 0. The molecule has 124 valence electrons. The van der Waals surface area contributed by atoms with E-state index < -0.39 is 5.97 Å². The van der Waals surface area contributed by atoms with E-state index in [0.717, 1.165) is 12.3 Å². The minimum absolute atomic E-state index is 0.227. The van der Waals surface area contributed by atoms with Gasteiger partial charge in [0.05, 0.1) is 5.92 Å². The van der Waals surface area contributed by atoms with Crippen LogP contribution in [0.5, 0.6) is 0 Å². The van der Waals surface area contributed by atoms with Crippen LogP contribution >= 0.6 is 0 Å². The van der Waals surface area contributed by atoms with E-state index in [2.05, 4.69) is 6.08 Å². The molecule has 0 heterocycles. The number of carbonyl (C=O) groups is 1. The monoisotopic (exact) mass is 305 g/mol. The van der Waals surface area contributed by atoms with Gasteiger partial charge in [0.15, 0.2) is 0 Å². The molecule has 0 aromatic carbocycles.